The van der Waals surface area contributed by atoms with Crippen molar-refractivity contribution in [1.82, 2.24) is 9.62 Å². The summed E-state index contributed by atoms with van der Waals surface area (Å²) < 4.78 is 0. The maximum Gasteiger partial charge on any atom is 0.345 e. The Labute approximate surface area is 139 Å². The minimum Gasteiger partial charge on any atom is -0.330 e. The summed E-state index contributed by atoms with van der Waals surface area (Å²) in [6.07, 6.45) is 0. The Morgan fingerprint density at radius 3 is 1.27 bits per heavy atom. The molecule has 1 rings (SSSR count). The molecule has 0 N–H and O–H groups in total. The SMILES string of the molecule is CC(C)c1cc(C(C)C)c(B(N(C)C)N(C)C)c(C(C)C)c1. The summed E-state index contributed by atoms with van der Waals surface area (Å²) in [6, 6.07) is 4.88. The standard InChI is InChI=1S/C19H35BN2/c1-13(2)16-11-17(14(3)4)19(18(12-16)15(5)6)20(21(7)8)22(9)10/h11-15H,1-10H3. The molecule has 124 valence electrons. The van der Waals surface area contributed by atoms with Crippen LogP contribution in [0.25, 0.3) is 0 Å². The van der Waals surface area contributed by atoms with Crippen molar-refractivity contribution >= 4 is 12.4 Å². The number of hydrogen-bond acceptors (Lipinski definition) is 2. The van der Waals surface area contributed by atoms with Gasteiger partial charge in [0.25, 0.3) is 0 Å². The van der Waals surface area contributed by atoms with Gasteiger partial charge in [-0.2, -0.15) is 0 Å². The molecule has 1 aromatic carbocycles. The van der Waals surface area contributed by atoms with Crippen LogP contribution in [0.15, 0.2) is 12.1 Å². The lowest BCUT2D eigenvalue weighted by atomic mass is 9.58. The molecular weight excluding hydrogens is 267 g/mol. The van der Waals surface area contributed by atoms with Crippen molar-refractivity contribution in [3.05, 3.63) is 28.8 Å². The summed E-state index contributed by atoms with van der Waals surface area (Å²) in [7, 11) is 8.70. The average molecular weight is 302 g/mol. The van der Waals surface area contributed by atoms with Crippen LogP contribution in [0.3, 0.4) is 0 Å². The summed E-state index contributed by atoms with van der Waals surface area (Å²) in [5.41, 5.74) is 5.97. The fourth-order valence-electron chi connectivity index (χ4n) is 3.29. The highest BCUT2D eigenvalue weighted by Crippen LogP contribution is 2.26. The Hall–Kier alpha value is -0.795. The van der Waals surface area contributed by atoms with Gasteiger partial charge in [-0.15, -0.1) is 0 Å². The zero-order valence-corrected chi connectivity index (χ0v) is 16.4. The van der Waals surface area contributed by atoms with Gasteiger partial charge in [-0.05, 0) is 68.1 Å². The first-order valence-corrected chi connectivity index (χ1v) is 8.58. The van der Waals surface area contributed by atoms with E-state index in [1.807, 2.05) is 0 Å². The predicted molar refractivity (Wildman–Crippen MR) is 101 cm³/mol. The van der Waals surface area contributed by atoms with Crippen LogP contribution < -0.4 is 5.46 Å². The smallest absolute Gasteiger partial charge is 0.330 e. The van der Waals surface area contributed by atoms with Crippen LogP contribution in [-0.4, -0.2) is 44.8 Å². The fraction of sp³-hybridized carbons (Fsp3) is 0.684. The summed E-state index contributed by atoms with van der Waals surface area (Å²) in [5.74, 6) is 1.64. The van der Waals surface area contributed by atoms with Gasteiger partial charge in [0.15, 0.2) is 0 Å². The van der Waals surface area contributed by atoms with E-state index in [0.717, 1.165) is 0 Å². The molecular formula is C19H35BN2. The number of hydrogen-bond donors (Lipinski definition) is 0. The first-order chi connectivity index (χ1) is 10.1. The largest absolute Gasteiger partial charge is 0.345 e. The lowest BCUT2D eigenvalue weighted by Crippen LogP contribution is -2.57. The van der Waals surface area contributed by atoms with Gasteiger partial charge in [-0.1, -0.05) is 53.7 Å². The van der Waals surface area contributed by atoms with Crippen molar-refractivity contribution in [3.63, 3.8) is 0 Å². The summed E-state index contributed by atoms with van der Waals surface area (Å²) in [5, 5.41) is 0. The van der Waals surface area contributed by atoms with Gasteiger partial charge in [-0.3, -0.25) is 0 Å². The van der Waals surface area contributed by atoms with Crippen LogP contribution in [0.1, 0.15) is 76.0 Å². The first kappa shape index (κ1) is 19.3. The Bertz CT molecular complexity index is 453. The molecule has 0 bridgehead atoms. The van der Waals surface area contributed by atoms with Crippen molar-refractivity contribution in [3.8, 4) is 0 Å². The molecule has 0 saturated carbocycles. The van der Waals surface area contributed by atoms with Gasteiger partial charge in [0.1, 0.15) is 0 Å². The van der Waals surface area contributed by atoms with Crippen molar-refractivity contribution in [2.24, 2.45) is 0 Å². The third-order valence-corrected chi connectivity index (χ3v) is 4.41. The zero-order chi connectivity index (χ0) is 17.2. The van der Waals surface area contributed by atoms with Gasteiger partial charge < -0.3 is 9.62 Å². The van der Waals surface area contributed by atoms with E-state index in [9.17, 15) is 0 Å². The maximum atomic E-state index is 2.44. The molecule has 0 aliphatic rings. The van der Waals surface area contributed by atoms with Crippen molar-refractivity contribution in [2.45, 2.75) is 59.3 Å². The molecule has 0 heterocycles. The Balaban J connectivity index is 3.71. The van der Waals surface area contributed by atoms with Crippen LogP contribution in [0.5, 0.6) is 0 Å². The van der Waals surface area contributed by atoms with Gasteiger partial charge in [-0.25, -0.2) is 0 Å². The van der Waals surface area contributed by atoms with E-state index in [-0.39, 0.29) is 0 Å². The van der Waals surface area contributed by atoms with Crippen LogP contribution >= 0.6 is 0 Å². The molecule has 0 unspecified atom stereocenters. The zero-order valence-electron chi connectivity index (χ0n) is 16.4. The lowest BCUT2D eigenvalue weighted by molar-refractivity contribution is 0.529. The third kappa shape index (κ3) is 4.14. The summed E-state index contributed by atoms with van der Waals surface area (Å²) in [6.45, 7) is 14.2. The monoisotopic (exact) mass is 302 g/mol. The molecule has 0 aliphatic carbocycles. The van der Waals surface area contributed by atoms with Crippen LogP contribution in [0.4, 0.5) is 0 Å². The molecule has 22 heavy (non-hydrogen) atoms. The second-order valence-electron chi connectivity index (χ2n) is 7.88. The van der Waals surface area contributed by atoms with E-state index in [2.05, 4.69) is 91.5 Å². The van der Waals surface area contributed by atoms with Crippen molar-refractivity contribution < 1.29 is 0 Å². The highest BCUT2D eigenvalue weighted by molar-refractivity contribution is 6.69. The highest BCUT2D eigenvalue weighted by atomic mass is 15.2. The van der Waals surface area contributed by atoms with Crippen LogP contribution in [0, 0.1) is 0 Å². The number of benzene rings is 1. The van der Waals surface area contributed by atoms with E-state index >= 15 is 0 Å². The topological polar surface area (TPSA) is 6.48 Å². The second-order valence-corrected chi connectivity index (χ2v) is 7.88. The van der Waals surface area contributed by atoms with Gasteiger partial charge in [0.05, 0.1) is 0 Å². The summed E-state index contributed by atoms with van der Waals surface area (Å²) in [4.78, 5) is 4.64. The van der Waals surface area contributed by atoms with Gasteiger partial charge in [0, 0.05) is 0 Å². The van der Waals surface area contributed by atoms with Crippen LogP contribution in [0.2, 0.25) is 0 Å². The quantitative estimate of drug-likeness (QED) is 0.736. The van der Waals surface area contributed by atoms with E-state index in [1.54, 1.807) is 0 Å². The maximum absolute atomic E-state index is 2.44. The number of nitrogens with zero attached hydrogens (tertiary/aromatic N) is 2. The minimum absolute atomic E-state index is 0.316. The molecule has 0 aliphatic heterocycles. The molecule has 0 fully saturated rings. The molecule has 2 nitrogen and oxygen atoms in total. The van der Waals surface area contributed by atoms with E-state index in [0.29, 0.717) is 24.7 Å². The molecule has 0 aromatic heterocycles. The Kier molecular flexibility index (Phi) is 6.70. The lowest BCUT2D eigenvalue weighted by Gasteiger charge is -2.33. The first-order valence-electron chi connectivity index (χ1n) is 8.58. The van der Waals surface area contributed by atoms with Crippen molar-refractivity contribution in [1.29, 1.82) is 0 Å². The Morgan fingerprint density at radius 2 is 1.05 bits per heavy atom. The second kappa shape index (κ2) is 7.65. The molecule has 0 radical (unpaired) electrons. The van der Waals surface area contributed by atoms with Crippen LogP contribution in [-0.2, 0) is 0 Å². The van der Waals surface area contributed by atoms with Gasteiger partial charge in [0.2, 0.25) is 0 Å². The molecule has 0 spiro atoms. The predicted octanol–water partition coefficient (Wildman–Crippen LogP) is 3.88. The Morgan fingerprint density at radius 1 is 0.682 bits per heavy atom. The molecule has 0 atom stereocenters. The third-order valence-electron chi connectivity index (χ3n) is 4.41. The molecule has 0 amide bonds. The number of rotatable bonds is 6. The van der Waals surface area contributed by atoms with Gasteiger partial charge >= 0.3 is 6.98 Å². The molecule has 0 saturated heterocycles. The minimum atomic E-state index is 0.316. The highest BCUT2D eigenvalue weighted by Gasteiger charge is 2.30. The van der Waals surface area contributed by atoms with E-state index < -0.39 is 0 Å². The van der Waals surface area contributed by atoms with E-state index in [4.69, 9.17) is 0 Å². The van der Waals surface area contributed by atoms with Crippen molar-refractivity contribution in [2.75, 3.05) is 28.2 Å². The normalized spacial score (nSPS) is 12.3. The average Bonchev–Trinajstić information content (AvgIpc) is 2.36. The fourth-order valence-corrected chi connectivity index (χ4v) is 3.29. The molecule has 1 aromatic rings. The van der Waals surface area contributed by atoms with E-state index in [1.165, 1.54) is 22.2 Å². The molecule has 3 heteroatoms. The summed E-state index contributed by atoms with van der Waals surface area (Å²) >= 11 is 0.